The van der Waals surface area contributed by atoms with Crippen molar-refractivity contribution in [3.8, 4) is 0 Å². The van der Waals surface area contributed by atoms with E-state index in [0.717, 1.165) is 32.7 Å². The minimum atomic E-state index is -0.0605. The van der Waals surface area contributed by atoms with E-state index in [-0.39, 0.29) is 16.9 Å². The number of nitrogens with zero attached hydrogens (tertiary/aromatic N) is 1. The van der Waals surface area contributed by atoms with Gasteiger partial charge >= 0.3 is 0 Å². The highest BCUT2D eigenvalue weighted by Gasteiger charge is 2.34. The Balaban J connectivity index is 0.00000256. The van der Waals surface area contributed by atoms with Crippen LogP contribution >= 0.6 is 0 Å². The van der Waals surface area contributed by atoms with Crippen LogP contribution in [0.4, 0.5) is 0 Å². The van der Waals surface area contributed by atoms with Crippen LogP contribution in [0.5, 0.6) is 0 Å². The van der Waals surface area contributed by atoms with Crippen molar-refractivity contribution in [2.24, 2.45) is 0 Å². The molecule has 0 aliphatic heterocycles. The predicted octanol–water partition coefficient (Wildman–Crippen LogP) is 2.12. The van der Waals surface area contributed by atoms with E-state index in [4.69, 9.17) is 0 Å². The molecule has 0 unspecified atom stereocenters. The smallest absolute Gasteiger partial charge is 0.230 e. The first-order valence-corrected chi connectivity index (χ1v) is 9.39. The van der Waals surface area contributed by atoms with Gasteiger partial charge in [0.15, 0.2) is 11.9 Å². The molecule has 0 aliphatic carbocycles. The summed E-state index contributed by atoms with van der Waals surface area (Å²) in [5.41, 5.74) is 2.29. The summed E-state index contributed by atoms with van der Waals surface area (Å²) < 4.78 is -0.0605. The standard InChI is InChI=1S/C26H20NO2.ClH/c1-27(2,25(17-28)23-15-7-11-19-9-3-5-13-21(19)23)26(18-29)24-16-8-12-20-10-4-6-14-22(20)24;/h3-16H,1-2H3;1H/q+1;/p-1. The SMILES string of the molecule is C[N+](C)(C(=C=O)c1cccc2ccccc12)C(=C=O)c1cccc2ccccc12.[Cl-]. The zero-order chi connectivity index (χ0) is 20.4. The summed E-state index contributed by atoms with van der Waals surface area (Å²) in [6.45, 7) is 0. The van der Waals surface area contributed by atoms with Gasteiger partial charge in [-0.15, -0.1) is 0 Å². The zero-order valence-electron chi connectivity index (χ0n) is 16.7. The van der Waals surface area contributed by atoms with Crippen molar-refractivity contribution in [1.82, 2.24) is 0 Å². The zero-order valence-corrected chi connectivity index (χ0v) is 17.5. The average Bonchev–Trinajstić information content (AvgIpc) is 2.75. The lowest BCUT2D eigenvalue weighted by atomic mass is 9.98. The molecule has 0 saturated heterocycles. The minimum Gasteiger partial charge on any atom is -1.00 e. The number of quaternary nitrogens is 1. The summed E-state index contributed by atoms with van der Waals surface area (Å²) in [7, 11) is 3.65. The number of rotatable bonds is 4. The third kappa shape index (κ3) is 3.48. The molecule has 0 atom stereocenters. The first-order chi connectivity index (χ1) is 14.1. The van der Waals surface area contributed by atoms with Crippen molar-refractivity contribution >= 4 is 44.8 Å². The molecule has 4 aromatic carbocycles. The molecule has 0 saturated carbocycles. The molecule has 30 heavy (non-hydrogen) atoms. The van der Waals surface area contributed by atoms with E-state index >= 15 is 0 Å². The Hall–Kier alpha value is -3.45. The first-order valence-electron chi connectivity index (χ1n) is 9.39. The fourth-order valence-electron chi connectivity index (χ4n) is 3.92. The molecule has 148 valence electrons. The van der Waals surface area contributed by atoms with E-state index in [1.54, 1.807) is 0 Å². The summed E-state index contributed by atoms with van der Waals surface area (Å²) in [6, 6.07) is 27.4. The monoisotopic (exact) mass is 413 g/mol. The molecule has 4 rings (SSSR count). The van der Waals surface area contributed by atoms with E-state index in [0.29, 0.717) is 11.4 Å². The molecular weight excluding hydrogens is 394 g/mol. The van der Waals surface area contributed by atoms with Crippen molar-refractivity contribution in [3.63, 3.8) is 0 Å². The molecule has 0 heterocycles. The summed E-state index contributed by atoms with van der Waals surface area (Å²) in [6.07, 6.45) is 0. The number of benzene rings is 4. The third-order valence-corrected chi connectivity index (χ3v) is 5.40. The van der Waals surface area contributed by atoms with Crippen LogP contribution in [0.15, 0.2) is 84.9 Å². The molecular formula is C26H20ClNO2. The van der Waals surface area contributed by atoms with Crippen LogP contribution in [-0.2, 0) is 9.59 Å². The maximum Gasteiger partial charge on any atom is 0.230 e. The van der Waals surface area contributed by atoms with Crippen LogP contribution in [0.3, 0.4) is 0 Å². The van der Waals surface area contributed by atoms with Gasteiger partial charge in [-0.25, -0.2) is 14.1 Å². The fourth-order valence-corrected chi connectivity index (χ4v) is 3.92. The predicted molar refractivity (Wildman–Crippen MR) is 118 cm³/mol. The number of fused-ring (bicyclic) bond motifs is 2. The Labute approximate surface area is 181 Å². The van der Waals surface area contributed by atoms with Crippen molar-refractivity contribution in [3.05, 3.63) is 96.1 Å². The Morgan fingerprint density at radius 1 is 0.600 bits per heavy atom. The van der Waals surface area contributed by atoms with Crippen LogP contribution in [0.1, 0.15) is 11.1 Å². The molecule has 4 heteroatoms. The lowest BCUT2D eigenvalue weighted by Gasteiger charge is -2.30. The molecule has 0 fully saturated rings. The summed E-state index contributed by atoms with van der Waals surface area (Å²) >= 11 is 0. The summed E-state index contributed by atoms with van der Waals surface area (Å²) in [4.78, 5) is 24.4. The summed E-state index contributed by atoms with van der Waals surface area (Å²) in [5, 5.41) is 3.95. The van der Waals surface area contributed by atoms with Gasteiger partial charge in [-0.05, 0) is 33.7 Å². The first kappa shape index (κ1) is 21.3. The van der Waals surface area contributed by atoms with Gasteiger partial charge in [0.1, 0.15) is 0 Å². The molecule has 0 amide bonds. The molecule has 4 aromatic rings. The normalized spacial score (nSPS) is 10.7. The maximum atomic E-state index is 12.2. The van der Waals surface area contributed by atoms with E-state index in [1.807, 2.05) is 99.0 Å². The Morgan fingerprint density at radius 3 is 1.37 bits per heavy atom. The van der Waals surface area contributed by atoms with Gasteiger partial charge in [-0.1, -0.05) is 72.8 Å². The van der Waals surface area contributed by atoms with E-state index in [1.165, 1.54) is 0 Å². The van der Waals surface area contributed by atoms with Crippen LogP contribution < -0.4 is 12.4 Å². The van der Waals surface area contributed by atoms with E-state index in [9.17, 15) is 9.59 Å². The molecule has 0 spiro atoms. The lowest BCUT2D eigenvalue weighted by Crippen LogP contribution is -3.00. The second-order valence-electron chi connectivity index (χ2n) is 7.41. The number of carbonyl (C=O) groups excluding carboxylic acids is 2. The summed E-state index contributed by atoms with van der Waals surface area (Å²) in [5.74, 6) is 4.25. The van der Waals surface area contributed by atoms with Gasteiger partial charge in [0.2, 0.25) is 11.4 Å². The van der Waals surface area contributed by atoms with Crippen LogP contribution in [-0.4, -0.2) is 30.5 Å². The second kappa shape index (κ2) is 8.51. The van der Waals surface area contributed by atoms with Crippen LogP contribution in [0.25, 0.3) is 32.9 Å². The highest BCUT2D eigenvalue weighted by atomic mass is 35.5. The van der Waals surface area contributed by atoms with Crippen LogP contribution in [0.2, 0.25) is 0 Å². The molecule has 0 aliphatic rings. The Kier molecular flexibility index (Phi) is 6.03. The largest absolute Gasteiger partial charge is 1.00 e. The maximum absolute atomic E-state index is 12.2. The highest BCUT2D eigenvalue weighted by Crippen LogP contribution is 2.36. The molecule has 0 radical (unpaired) electrons. The van der Waals surface area contributed by atoms with Crippen molar-refractivity contribution in [1.29, 1.82) is 0 Å². The van der Waals surface area contributed by atoms with Crippen molar-refractivity contribution in [2.45, 2.75) is 0 Å². The van der Waals surface area contributed by atoms with Gasteiger partial charge in [0.05, 0.1) is 25.2 Å². The topological polar surface area (TPSA) is 34.1 Å². The van der Waals surface area contributed by atoms with E-state index < -0.39 is 0 Å². The van der Waals surface area contributed by atoms with Crippen molar-refractivity contribution < 1.29 is 26.5 Å². The van der Waals surface area contributed by atoms with Gasteiger partial charge in [-0.2, -0.15) is 0 Å². The quantitative estimate of drug-likeness (QED) is 0.379. The van der Waals surface area contributed by atoms with Gasteiger partial charge < -0.3 is 12.4 Å². The Morgan fingerprint density at radius 2 is 0.967 bits per heavy atom. The number of hydrogen-bond donors (Lipinski definition) is 0. The van der Waals surface area contributed by atoms with E-state index in [2.05, 4.69) is 11.9 Å². The second-order valence-corrected chi connectivity index (χ2v) is 7.41. The molecule has 3 nitrogen and oxygen atoms in total. The Bertz CT molecular complexity index is 1230. The molecule has 0 N–H and O–H groups in total. The average molecular weight is 414 g/mol. The fraction of sp³-hybridized carbons (Fsp3) is 0.0769. The minimum absolute atomic E-state index is 0. The van der Waals surface area contributed by atoms with Crippen LogP contribution in [0, 0.1) is 0 Å². The lowest BCUT2D eigenvalue weighted by molar-refractivity contribution is -0.738. The van der Waals surface area contributed by atoms with Gasteiger partial charge in [0, 0.05) is 0 Å². The molecule has 0 bridgehead atoms. The van der Waals surface area contributed by atoms with Gasteiger partial charge in [0.25, 0.3) is 0 Å². The van der Waals surface area contributed by atoms with Crippen molar-refractivity contribution in [2.75, 3.05) is 14.1 Å². The third-order valence-electron chi connectivity index (χ3n) is 5.40. The highest BCUT2D eigenvalue weighted by molar-refractivity contribution is 6.03. The number of halogens is 1. The molecule has 0 aromatic heterocycles. The number of hydrogen-bond acceptors (Lipinski definition) is 2. The van der Waals surface area contributed by atoms with Gasteiger partial charge in [-0.3, -0.25) is 0 Å².